The van der Waals surface area contributed by atoms with Crippen LogP contribution >= 0.6 is 0 Å². The molecule has 18 heavy (non-hydrogen) atoms. The van der Waals surface area contributed by atoms with E-state index in [1.807, 2.05) is 60.7 Å². The second kappa shape index (κ2) is 5.82. The molecule has 0 aliphatic carbocycles. The Morgan fingerprint density at radius 1 is 0.889 bits per heavy atom. The van der Waals surface area contributed by atoms with Crippen molar-refractivity contribution < 1.29 is 5.11 Å². The van der Waals surface area contributed by atoms with Crippen molar-refractivity contribution in [3.05, 3.63) is 83.7 Å². The van der Waals surface area contributed by atoms with E-state index in [0.717, 1.165) is 16.8 Å². The van der Waals surface area contributed by atoms with Crippen molar-refractivity contribution in [3.8, 4) is 0 Å². The van der Waals surface area contributed by atoms with Gasteiger partial charge in [-0.2, -0.15) is 0 Å². The van der Waals surface area contributed by atoms with Gasteiger partial charge in [-0.3, -0.25) is 4.99 Å². The molecule has 0 saturated heterocycles. The first-order valence-corrected chi connectivity index (χ1v) is 5.82. The van der Waals surface area contributed by atoms with Crippen LogP contribution in [0.1, 0.15) is 18.1 Å². The Labute approximate surface area is 107 Å². The fraction of sp³-hybridized carbons (Fsp3) is 0.0625. The van der Waals surface area contributed by atoms with Crippen molar-refractivity contribution in [2.24, 2.45) is 4.99 Å². The van der Waals surface area contributed by atoms with Gasteiger partial charge in [0, 0.05) is 11.1 Å². The molecule has 2 aromatic carbocycles. The standard InChI is InChI=1S/C16H15NO/c1-13(18)12-17-16(14-8-4-2-5-9-14)15-10-6-3-7-11-15/h2-12,18H,1H3/b13-12-. The highest BCUT2D eigenvalue weighted by Crippen LogP contribution is 2.11. The van der Waals surface area contributed by atoms with Crippen LogP contribution in [0.5, 0.6) is 0 Å². The zero-order valence-electron chi connectivity index (χ0n) is 10.2. The van der Waals surface area contributed by atoms with E-state index in [-0.39, 0.29) is 5.76 Å². The summed E-state index contributed by atoms with van der Waals surface area (Å²) in [4.78, 5) is 4.37. The molecule has 0 amide bonds. The number of benzene rings is 2. The maximum Gasteiger partial charge on any atom is 0.107 e. The number of aliphatic hydroxyl groups is 1. The number of rotatable bonds is 3. The highest BCUT2D eigenvalue weighted by molar-refractivity contribution is 6.13. The first-order valence-electron chi connectivity index (χ1n) is 5.82. The van der Waals surface area contributed by atoms with E-state index in [1.165, 1.54) is 6.20 Å². The largest absolute Gasteiger partial charge is 0.511 e. The van der Waals surface area contributed by atoms with Crippen molar-refractivity contribution in [2.45, 2.75) is 6.92 Å². The first kappa shape index (κ1) is 12.1. The fourth-order valence-electron chi connectivity index (χ4n) is 1.67. The molecular formula is C16H15NO. The number of hydrogen-bond acceptors (Lipinski definition) is 2. The summed E-state index contributed by atoms with van der Waals surface area (Å²) in [5.74, 6) is 0.194. The van der Waals surface area contributed by atoms with Crippen molar-refractivity contribution in [1.29, 1.82) is 0 Å². The van der Waals surface area contributed by atoms with Gasteiger partial charge in [0.15, 0.2) is 0 Å². The zero-order chi connectivity index (χ0) is 12.8. The van der Waals surface area contributed by atoms with Crippen LogP contribution in [0.25, 0.3) is 0 Å². The molecular weight excluding hydrogens is 222 g/mol. The van der Waals surface area contributed by atoms with Crippen LogP contribution in [-0.2, 0) is 0 Å². The van der Waals surface area contributed by atoms with Gasteiger partial charge in [-0.05, 0) is 6.92 Å². The minimum absolute atomic E-state index is 0.194. The molecule has 0 aliphatic heterocycles. The van der Waals surface area contributed by atoms with Gasteiger partial charge in [0.25, 0.3) is 0 Å². The summed E-state index contributed by atoms with van der Waals surface area (Å²) < 4.78 is 0. The van der Waals surface area contributed by atoms with Gasteiger partial charge >= 0.3 is 0 Å². The second-order valence-corrected chi connectivity index (χ2v) is 3.98. The summed E-state index contributed by atoms with van der Waals surface area (Å²) in [6.07, 6.45) is 1.47. The minimum Gasteiger partial charge on any atom is -0.511 e. The minimum atomic E-state index is 0.194. The second-order valence-electron chi connectivity index (χ2n) is 3.98. The Balaban J connectivity index is 2.49. The van der Waals surface area contributed by atoms with Gasteiger partial charge < -0.3 is 5.11 Å². The summed E-state index contributed by atoms with van der Waals surface area (Å²) >= 11 is 0. The SMILES string of the molecule is C/C(O)=C/N=C(c1ccccc1)c1ccccc1. The Kier molecular flexibility index (Phi) is 3.92. The Morgan fingerprint density at radius 3 is 1.72 bits per heavy atom. The van der Waals surface area contributed by atoms with E-state index in [0.29, 0.717) is 0 Å². The maximum atomic E-state index is 9.25. The summed E-state index contributed by atoms with van der Waals surface area (Å²) in [5.41, 5.74) is 2.91. The molecule has 2 heteroatoms. The lowest BCUT2D eigenvalue weighted by atomic mass is 10.0. The van der Waals surface area contributed by atoms with Crippen molar-refractivity contribution in [3.63, 3.8) is 0 Å². The average molecular weight is 237 g/mol. The molecule has 0 atom stereocenters. The molecule has 0 radical (unpaired) electrons. The lowest BCUT2D eigenvalue weighted by molar-refractivity contribution is 0.412. The molecule has 0 bridgehead atoms. The molecule has 0 fully saturated rings. The van der Waals surface area contributed by atoms with E-state index in [9.17, 15) is 5.11 Å². The predicted octanol–water partition coefficient (Wildman–Crippen LogP) is 3.94. The molecule has 0 heterocycles. The molecule has 0 aliphatic rings. The normalized spacial score (nSPS) is 11.1. The number of nitrogens with zero attached hydrogens (tertiary/aromatic N) is 1. The van der Waals surface area contributed by atoms with Crippen molar-refractivity contribution in [2.75, 3.05) is 0 Å². The predicted molar refractivity (Wildman–Crippen MR) is 74.9 cm³/mol. The van der Waals surface area contributed by atoms with E-state index in [1.54, 1.807) is 6.92 Å². The van der Waals surface area contributed by atoms with E-state index >= 15 is 0 Å². The lowest BCUT2D eigenvalue weighted by Crippen LogP contribution is -2.02. The highest BCUT2D eigenvalue weighted by atomic mass is 16.3. The monoisotopic (exact) mass is 237 g/mol. The fourth-order valence-corrected chi connectivity index (χ4v) is 1.67. The van der Waals surface area contributed by atoms with Gasteiger partial charge in [0.05, 0.1) is 11.9 Å². The van der Waals surface area contributed by atoms with Crippen LogP contribution in [0.4, 0.5) is 0 Å². The molecule has 2 aromatic rings. The number of aliphatic imine (C=N–C) groups is 1. The lowest BCUT2D eigenvalue weighted by Gasteiger charge is -2.05. The number of allylic oxidation sites excluding steroid dienone is 1. The van der Waals surface area contributed by atoms with Gasteiger partial charge in [-0.25, -0.2) is 0 Å². The van der Waals surface area contributed by atoms with Crippen LogP contribution in [0.3, 0.4) is 0 Å². The number of hydrogen-bond donors (Lipinski definition) is 1. The number of aliphatic hydroxyl groups excluding tert-OH is 1. The van der Waals surface area contributed by atoms with Crippen LogP contribution < -0.4 is 0 Å². The third kappa shape index (κ3) is 3.08. The molecule has 2 nitrogen and oxygen atoms in total. The molecule has 0 aromatic heterocycles. The van der Waals surface area contributed by atoms with Gasteiger partial charge in [0.2, 0.25) is 0 Å². The Bertz CT molecular complexity index is 511. The highest BCUT2D eigenvalue weighted by Gasteiger charge is 2.04. The van der Waals surface area contributed by atoms with Gasteiger partial charge in [-0.15, -0.1) is 0 Å². The molecule has 1 N–H and O–H groups in total. The van der Waals surface area contributed by atoms with Crippen molar-refractivity contribution in [1.82, 2.24) is 0 Å². The molecule has 90 valence electrons. The van der Waals surface area contributed by atoms with Crippen LogP contribution in [0.15, 0.2) is 77.6 Å². The van der Waals surface area contributed by atoms with Gasteiger partial charge in [-0.1, -0.05) is 60.7 Å². The molecule has 0 unspecified atom stereocenters. The van der Waals surface area contributed by atoms with E-state index in [4.69, 9.17) is 0 Å². The van der Waals surface area contributed by atoms with Crippen LogP contribution in [-0.4, -0.2) is 10.8 Å². The smallest absolute Gasteiger partial charge is 0.107 e. The average Bonchev–Trinajstić information content (AvgIpc) is 2.41. The summed E-state index contributed by atoms with van der Waals surface area (Å²) in [7, 11) is 0. The van der Waals surface area contributed by atoms with Crippen LogP contribution in [0.2, 0.25) is 0 Å². The Morgan fingerprint density at radius 2 is 1.33 bits per heavy atom. The summed E-state index contributed by atoms with van der Waals surface area (Å²) in [6, 6.07) is 19.9. The van der Waals surface area contributed by atoms with Crippen molar-refractivity contribution >= 4 is 5.71 Å². The summed E-state index contributed by atoms with van der Waals surface area (Å²) in [5, 5.41) is 9.25. The van der Waals surface area contributed by atoms with Gasteiger partial charge in [0.1, 0.15) is 5.76 Å². The molecule has 0 spiro atoms. The van der Waals surface area contributed by atoms with E-state index < -0.39 is 0 Å². The quantitative estimate of drug-likeness (QED) is 0.636. The Hall–Kier alpha value is -2.35. The third-order valence-electron chi connectivity index (χ3n) is 2.47. The first-order chi connectivity index (χ1) is 8.77. The van der Waals surface area contributed by atoms with Crippen LogP contribution in [0, 0.1) is 0 Å². The topological polar surface area (TPSA) is 32.6 Å². The summed E-state index contributed by atoms with van der Waals surface area (Å²) in [6.45, 7) is 1.61. The molecule has 2 rings (SSSR count). The zero-order valence-corrected chi connectivity index (χ0v) is 10.2. The maximum absolute atomic E-state index is 9.25. The third-order valence-corrected chi connectivity index (χ3v) is 2.47. The molecule has 0 saturated carbocycles. The van der Waals surface area contributed by atoms with E-state index in [2.05, 4.69) is 4.99 Å².